The number of hydrogen-bond acceptors (Lipinski definition) is 3. The molecule has 0 aromatic heterocycles. The first-order valence-electron chi connectivity index (χ1n) is 8.40. The molecule has 0 unspecified atom stereocenters. The standard InChI is InChI=1S/C21H18F2N2O2/c22-15-6-11-20(19(23)14-15)24-16-7-9-17(10-8-16)25-21(26)12-13-27-18-4-2-1-3-5-18/h1-11,14,24H,12-13H2,(H,25,26). The Morgan fingerprint density at radius 2 is 1.59 bits per heavy atom. The minimum absolute atomic E-state index is 0.170. The third-order valence-electron chi connectivity index (χ3n) is 3.72. The van der Waals surface area contributed by atoms with Crippen molar-refractivity contribution in [3.05, 3.63) is 84.4 Å². The third-order valence-corrected chi connectivity index (χ3v) is 3.72. The van der Waals surface area contributed by atoms with Gasteiger partial charge in [-0.05, 0) is 48.5 Å². The number of halogens is 2. The Morgan fingerprint density at radius 3 is 2.30 bits per heavy atom. The number of carbonyl (C=O) groups is 1. The van der Waals surface area contributed by atoms with Crippen molar-refractivity contribution < 1.29 is 18.3 Å². The van der Waals surface area contributed by atoms with Crippen LogP contribution in [0.3, 0.4) is 0 Å². The highest BCUT2D eigenvalue weighted by Gasteiger charge is 2.06. The molecule has 0 heterocycles. The predicted octanol–water partition coefficient (Wildman–Crippen LogP) is 5.12. The van der Waals surface area contributed by atoms with Gasteiger partial charge in [-0.1, -0.05) is 18.2 Å². The third kappa shape index (κ3) is 5.54. The van der Waals surface area contributed by atoms with E-state index in [0.29, 0.717) is 17.1 Å². The second kappa shape index (κ2) is 8.80. The highest BCUT2D eigenvalue weighted by Crippen LogP contribution is 2.22. The molecule has 27 heavy (non-hydrogen) atoms. The summed E-state index contributed by atoms with van der Waals surface area (Å²) < 4.78 is 32.1. The zero-order valence-corrected chi connectivity index (χ0v) is 14.4. The molecule has 3 aromatic rings. The molecule has 0 spiro atoms. The molecule has 3 aromatic carbocycles. The molecular formula is C21H18F2N2O2. The summed E-state index contributed by atoms with van der Waals surface area (Å²) >= 11 is 0. The number of amides is 1. The van der Waals surface area contributed by atoms with Crippen LogP contribution in [0.25, 0.3) is 0 Å². The molecule has 1 amide bonds. The molecular weight excluding hydrogens is 350 g/mol. The number of para-hydroxylation sites is 1. The van der Waals surface area contributed by atoms with Crippen molar-refractivity contribution in [2.45, 2.75) is 6.42 Å². The fourth-order valence-corrected chi connectivity index (χ4v) is 2.39. The lowest BCUT2D eigenvalue weighted by Crippen LogP contribution is -2.15. The Bertz CT molecular complexity index is 900. The first-order chi connectivity index (χ1) is 13.1. The van der Waals surface area contributed by atoms with E-state index in [1.807, 2.05) is 30.3 Å². The van der Waals surface area contributed by atoms with E-state index in [1.165, 1.54) is 12.1 Å². The van der Waals surface area contributed by atoms with Gasteiger partial charge in [0.05, 0.1) is 18.7 Å². The van der Waals surface area contributed by atoms with Crippen molar-refractivity contribution in [2.75, 3.05) is 17.2 Å². The van der Waals surface area contributed by atoms with Crippen LogP contribution in [-0.2, 0) is 4.79 Å². The Hall–Kier alpha value is -3.41. The van der Waals surface area contributed by atoms with Crippen LogP contribution in [-0.4, -0.2) is 12.5 Å². The quantitative estimate of drug-likeness (QED) is 0.609. The van der Waals surface area contributed by atoms with Crippen LogP contribution in [0.4, 0.5) is 25.8 Å². The fraction of sp³-hybridized carbons (Fsp3) is 0.0952. The lowest BCUT2D eigenvalue weighted by atomic mass is 10.2. The van der Waals surface area contributed by atoms with Crippen LogP contribution in [0.2, 0.25) is 0 Å². The normalized spacial score (nSPS) is 10.3. The molecule has 0 fully saturated rings. The maximum Gasteiger partial charge on any atom is 0.227 e. The summed E-state index contributed by atoms with van der Waals surface area (Å²) in [6.07, 6.45) is 0.218. The van der Waals surface area contributed by atoms with Gasteiger partial charge in [0.1, 0.15) is 17.4 Å². The van der Waals surface area contributed by atoms with Crippen molar-refractivity contribution >= 4 is 23.0 Å². The Morgan fingerprint density at radius 1 is 0.889 bits per heavy atom. The van der Waals surface area contributed by atoms with Crippen LogP contribution in [0.1, 0.15) is 6.42 Å². The van der Waals surface area contributed by atoms with E-state index in [9.17, 15) is 13.6 Å². The minimum atomic E-state index is -0.675. The Labute approximate surface area is 155 Å². The van der Waals surface area contributed by atoms with E-state index < -0.39 is 11.6 Å². The average molecular weight is 368 g/mol. The number of benzene rings is 3. The highest BCUT2D eigenvalue weighted by molar-refractivity contribution is 5.91. The van der Waals surface area contributed by atoms with Gasteiger partial charge in [0.2, 0.25) is 5.91 Å². The molecule has 0 saturated heterocycles. The summed E-state index contributed by atoms with van der Waals surface area (Å²) in [7, 11) is 0. The van der Waals surface area contributed by atoms with Gasteiger partial charge in [-0.3, -0.25) is 4.79 Å². The van der Waals surface area contributed by atoms with Gasteiger partial charge >= 0.3 is 0 Å². The summed E-state index contributed by atoms with van der Waals surface area (Å²) in [4.78, 5) is 12.0. The largest absolute Gasteiger partial charge is 0.493 e. The first-order valence-corrected chi connectivity index (χ1v) is 8.40. The van der Waals surface area contributed by atoms with Gasteiger partial charge in [-0.2, -0.15) is 0 Å². The van der Waals surface area contributed by atoms with Crippen molar-refractivity contribution in [2.24, 2.45) is 0 Å². The summed E-state index contributed by atoms with van der Waals surface area (Å²) in [6.45, 7) is 0.277. The number of hydrogen-bond donors (Lipinski definition) is 2. The Kier molecular flexibility index (Phi) is 5.99. The van der Waals surface area contributed by atoms with Gasteiger partial charge in [0, 0.05) is 17.4 Å². The van der Waals surface area contributed by atoms with Crippen molar-refractivity contribution in [3.63, 3.8) is 0 Å². The second-order valence-corrected chi connectivity index (χ2v) is 5.79. The van der Waals surface area contributed by atoms with Crippen LogP contribution < -0.4 is 15.4 Å². The number of rotatable bonds is 7. The molecule has 0 aliphatic carbocycles. The van der Waals surface area contributed by atoms with Gasteiger partial charge in [-0.15, -0.1) is 0 Å². The van der Waals surface area contributed by atoms with Crippen molar-refractivity contribution in [3.8, 4) is 5.75 Å². The number of nitrogens with one attached hydrogen (secondary N) is 2. The summed E-state index contributed by atoms with van der Waals surface area (Å²) in [5.41, 5.74) is 1.40. The molecule has 0 bridgehead atoms. The van der Waals surface area contributed by atoms with Gasteiger partial charge in [0.25, 0.3) is 0 Å². The predicted molar refractivity (Wildman–Crippen MR) is 101 cm³/mol. The molecule has 6 heteroatoms. The fourth-order valence-electron chi connectivity index (χ4n) is 2.39. The SMILES string of the molecule is O=C(CCOc1ccccc1)Nc1ccc(Nc2ccc(F)cc2F)cc1. The lowest BCUT2D eigenvalue weighted by molar-refractivity contribution is -0.116. The van der Waals surface area contributed by atoms with Crippen LogP contribution in [0.15, 0.2) is 72.8 Å². The van der Waals surface area contributed by atoms with E-state index in [0.717, 1.165) is 6.07 Å². The first kappa shape index (κ1) is 18.4. The van der Waals surface area contributed by atoms with Gasteiger partial charge < -0.3 is 15.4 Å². The summed E-state index contributed by atoms with van der Waals surface area (Å²) in [5, 5.41) is 5.63. The minimum Gasteiger partial charge on any atom is -0.493 e. The number of carbonyl (C=O) groups excluding carboxylic acids is 1. The molecule has 3 rings (SSSR count). The van der Waals surface area contributed by atoms with Gasteiger partial charge in [0.15, 0.2) is 0 Å². The van der Waals surface area contributed by atoms with Crippen LogP contribution in [0, 0.1) is 11.6 Å². The van der Waals surface area contributed by atoms with Crippen molar-refractivity contribution in [1.82, 2.24) is 0 Å². The maximum atomic E-state index is 13.7. The van der Waals surface area contributed by atoms with Crippen LogP contribution in [0.5, 0.6) is 5.75 Å². The van der Waals surface area contributed by atoms with Crippen molar-refractivity contribution in [1.29, 1.82) is 0 Å². The molecule has 0 aliphatic heterocycles. The highest BCUT2D eigenvalue weighted by atomic mass is 19.1. The Balaban J connectivity index is 1.49. The number of ether oxygens (including phenoxy) is 1. The molecule has 0 radical (unpaired) electrons. The van der Waals surface area contributed by atoms with E-state index in [4.69, 9.17) is 4.74 Å². The molecule has 4 nitrogen and oxygen atoms in total. The second-order valence-electron chi connectivity index (χ2n) is 5.79. The van der Waals surface area contributed by atoms with E-state index in [2.05, 4.69) is 10.6 Å². The lowest BCUT2D eigenvalue weighted by Gasteiger charge is -2.10. The smallest absolute Gasteiger partial charge is 0.227 e. The maximum absolute atomic E-state index is 13.7. The van der Waals surface area contributed by atoms with E-state index in [-0.39, 0.29) is 24.6 Å². The van der Waals surface area contributed by atoms with E-state index >= 15 is 0 Å². The van der Waals surface area contributed by atoms with E-state index in [1.54, 1.807) is 24.3 Å². The summed E-state index contributed by atoms with van der Waals surface area (Å²) in [5.74, 6) is -0.761. The zero-order chi connectivity index (χ0) is 19.1. The molecule has 0 atom stereocenters. The summed E-state index contributed by atoms with van der Waals surface area (Å²) in [6, 6.07) is 19.4. The monoisotopic (exact) mass is 368 g/mol. The molecule has 0 saturated carbocycles. The zero-order valence-electron chi connectivity index (χ0n) is 14.4. The average Bonchev–Trinajstić information content (AvgIpc) is 2.66. The van der Waals surface area contributed by atoms with Crippen LogP contribution >= 0.6 is 0 Å². The number of anilines is 3. The van der Waals surface area contributed by atoms with Gasteiger partial charge in [-0.25, -0.2) is 8.78 Å². The molecule has 0 aliphatic rings. The molecule has 2 N–H and O–H groups in total. The molecule has 138 valence electrons. The topological polar surface area (TPSA) is 50.4 Å².